The highest BCUT2D eigenvalue weighted by Crippen LogP contribution is 2.22. The molecule has 1 aliphatic rings. The van der Waals surface area contributed by atoms with Crippen LogP contribution in [0.15, 0.2) is 48.7 Å². The van der Waals surface area contributed by atoms with E-state index < -0.39 is 0 Å². The van der Waals surface area contributed by atoms with Crippen molar-refractivity contribution in [3.8, 4) is 0 Å². The molecule has 0 bridgehead atoms. The van der Waals surface area contributed by atoms with E-state index in [-0.39, 0.29) is 24.2 Å². The van der Waals surface area contributed by atoms with Gasteiger partial charge in [0, 0.05) is 49.4 Å². The summed E-state index contributed by atoms with van der Waals surface area (Å²) in [6.45, 7) is 3.25. The molecule has 4 rings (SSSR count). The third kappa shape index (κ3) is 4.12. The van der Waals surface area contributed by atoms with Crippen molar-refractivity contribution in [2.45, 2.75) is 6.54 Å². The number of rotatable bonds is 4. The van der Waals surface area contributed by atoms with Crippen molar-refractivity contribution in [3.63, 3.8) is 0 Å². The van der Waals surface area contributed by atoms with Crippen molar-refractivity contribution in [2.75, 3.05) is 38.5 Å². The van der Waals surface area contributed by atoms with Gasteiger partial charge in [-0.25, -0.2) is 4.39 Å². The van der Waals surface area contributed by atoms with Crippen LogP contribution >= 0.6 is 0 Å². The van der Waals surface area contributed by atoms with E-state index in [9.17, 15) is 14.0 Å². The summed E-state index contributed by atoms with van der Waals surface area (Å²) in [6, 6.07) is 11.2. The second-order valence-electron chi connectivity index (χ2n) is 7.18. The van der Waals surface area contributed by atoms with Gasteiger partial charge in [0.2, 0.25) is 5.91 Å². The normalized spacial score (nSPS) is 14.9. The molecule has 2 amide bonds. The standard InChI is InChI=1S/C21H22FN5O2/c1-25-10-12-26(13-11-25)20(28)14-27-9-8-19(24-27)23-21(29)17-6-7-18(22)16-5-3-2-4-15(16)17/h2-9H,10-14H2,1H3,(H,23,24,29). The molecular formula is C21H22FN5O2. The summed E-state index contributed by atoms with van der Waals surface area (Å²) in [5, 5.41) is 7.93. The minimum Gasteiger partial charge on any atom is -0.339 e. The van der Waals surface area contributed by atoms with Gasteiger partial charge in [-0.1, -0.05) is 24.3 Å². The lowest BCUT2D eigenvalue weighted by Crippen LogP contribution is -2.48. The number of anilines is 1. The Morgan fingerprint density at radius 2 is 1.76 bits per heavy atom. The second kappa shape index (κ2) is 8.00. The van der Waals surface area contributed by atoms with Crippen LogP contribution in [0.1, 0.15) is 10.4 Å². The third-order valence-electron chi connectivity index (χ3n) is 5.15. The van der Waals surface area contributed by atoms with Crippen LogP contribution < -0.4 is 5.32 Å². The van der Waals surface area contributed by atoms with Crippen molar-refractivity contribution in [2.24, 2.45) is 0 Å². The van der Waals surface area contributed by atoms with Crippen molar-refractivity contribution in [1.29, 1.82) is 0 Å². The number of likely N-dealkylation sites (N-methyl/N-ethyl adjacent to an activating group) is 1. The molecule has 0 atom stereocenters. The summed E-state index contributed by atoms with van der Waals surface area (Å²) in [5.41, 5.74) is 0.366. The van der Waals surface area contributed by atoms with Crippen molar-refractivity contribution >= 4 is 28.4 Å². The molecule has 1 fully saturated rings. The summed E-state index contributed by atoms with van der Waals surface area (Å²) in [4.78, 5) is 29.1. The lowest BCUT2D eigenvalue weighted by Gasteiger charge is -2.32. The predicted octanol–water partition coefficient (Wildman–Crippen LogP) is 2.20. The maximum absolute atomic E-state index is 14.0. The zero-order valence-electron chi connectivity index (χ0n) is 16.1. The van der Waals surface area contributed by atoms with E-state index in [4.69, 9.17) is 0 Å². The Kier molecular flexibility index (Phi) is 5.26. The number of fused-ring (bicyclic) bond motifs is 1. The van der Waals surface area contributed by atoms with Crippen molar-refractivity contribution in [3.05, 3.63) is 60.0 Å². The van der Waals surface area contributed by atoms with Gasteiger partial charge in [0.15, 0.2) is 5.82 Å². The van der Waals surface area contributed by atoms with Crippen LogP contribution in [0.25, 0.3) is 10.8 Å². The Bertz CT molecular complexity index is 1060. The molecular weight excluding hydrogens is 373 g/mol. The number of carbonyl (C=O) groups excluding carboxylic acids is 2. The first-order valence-corrected chi connectivity index (χ1v) is 9.49. The third-order valence-corrected chi connectivity index (χ3v) is 5.15. The van der Waals surface area contributed by atoms with Crippen LogP contribution in [-0.4, -0.2) is 64.6 Å². The monoisotopic (exact) mass is 395 g/mol. The Morgan fingerprint density at radius 3 is 2.52 bits per heavy atom. The van der Waals surface area contributed by atoms with Gasteiger partial charge in [-0.15, -0.1) is 0 Å². The molecule has 1 aliphatic heterocycles. The number of carbonyl (C=O) groups is 2. The van der Waals surface area contributed by atoms with E-state index in [1.54, 1.807) is 36.5 Å². The van der Waals surface area contributed by atoms with Crippen molar-refractivity contribution < 1.29 is 14.0 Å². The largest absolute Gasteiger partial charge is 0.339 e. The molecule has 2 aromatic carbocycles. The number of hydrogen-bond acceptors (Lipinski definition) is 4. The number of halogens is 1. The molecule has 2 heterocycles. The quantitative estimate of drug-likeness (QED) is 0.735. The molecule has 7 nitrogen and oxygen atoms in total. The number of amides is 2. The fourth-order valence-corrected chi connectivity index (χ4v) is 3.45. The maximum atomic E-state index is 14.0. The van der Waals surface area contributed by atoms with Crippen LogP contribution in [0.3, 0.4) is 0 Å². The predicted molar refractivity (Wildman–Crippen MR) is 108 cm³/mol. The van der Waals surface area contributed by atoms with Gasteiger partial charge in [-0.3, -0.25) is 14.3 Å². The Balaban J connectivity index is 1.44. The summed E-state index contributed by atoms with van der Waals surface area (Å²) in [5.74, 6) is -0.404. The van der Waals surface area contributed by atoms with E-state index in [0.717, 1.165) is 13.1 Å². The molecule has 0 saturated carbocycles. The van der Waals surface area contributed by atoms with Crippen LogP contribution in [0, 0.1) is 5.82 Å². The number of aromatic nitrogens is 2. The van der Waals surface area contributed by atoms with E-state index >= 15 is 0 Å². The van der Waals surface area contributed by atoms with Gasteiger partial charge in [-0.2, -0.15) is 5.10 Å². The molecule has 1 aromatic heterocycles. The van der Waals surface area contributed by atoms with Gasteiger partial charge in [-0.05, 0) is 24.6 Å². The molecule has 0 unspecified atom stereocenters. The summed E-state index contributed by atoms with van der Waals surface area (Å²) in [7, 11) is 2.04. The summed E-state index contributed by atoms with van der Waals surface area (Å²) >= 11 is 0. The number of nitrogens with one attached hydrogen (secondary N) is 1. The number of hydrogen-bond donors (Lipinski definition) is 1. The number of piperazine rings is 1. The minimum absolute atomic E-state index is 0.00334. The van der Waals surface area contributed by atoms with Crippen LogP contribution in [0.2, 0.25) is 0 Å². The van der Waals surface area contributed by atoms with Gasteiger partial charge >= 0.3 is 0 Å². The molecule has 0 radical (unpaired) electrons. The van der Waals surface area contributed by atoms with Crippen LogP contribution in [-0.2, 0) is 11.3 Å². The first kappa shape index (κ1) is 19.1. The van der Waals surface area contributed by atoms with Gasteiger partial charge < -0.3 is 15.1 Å². The average molecular weight is 395 g/mol. The minimum atomic E-state index is -0.378. The van der Waals surface area contributed by atoms with Gasteiger partial charge in [0.1, 0.15) is 12.4 Å². The van der Waals surface area contributed by atoms with E-state index in [1.807, 2.05) is 11.9 Å². The first-order valence-electron chi connectivity index (χ1n) is 9.49. The second-order valence-corrected chi connectivity index (χ2v) is 7.18. The lowest BCUT2D eigenvalue weighted by atomic mass is 10.0. The maximum Gasteiger partial charge on any atom is 0.257 e. The van der Waals surface area contributed by atoms with Gasteiger partial charge in [0.25, 0.3) is 5.91 Å². The Hall–Kier alpha value is -3.26. The smallest absolute Gasteiger partial charge is 0.257 e. The van der Waals surface area contributed by atoms with Crippen molar-refractivity contribution in [1.82, 2.24) is 19.6 Å². The molecule has 0 spiro atoms. The molecule has 0 aliphatic carbocycles. The van der Waals surface area contributed by atoms with E-state index in [0.29, 0.717) is 35.2 Å². The topological polar surface area (TPSA) is 70.5 Å². The van der Waals surface area contributed by atoms with E-state index in [1.165, 1.54) is 16.8 Å². The number of benzene rings is 2. The SMILES string of the molecule is CN1CCN(C(=O)Cn2ccc(NC(=O)c3ccc(F)c4ccccc34)n2)CC1. The van der Waals surface area contributed by atoms with E-state index in [2.05, 4.69) is 15.3 Å². The zero-order valence-corrected chi connectivity index (χ0v) is 16.1. The summed E-state index contributed by atoms with van der Waals surface area (Å²) in [6.07, 6.45) is 1.66. The summed E-state index contributed by atoms with van der Waals surface area (Å²) < 4.78 is 15.5. The lowest BCUT2D eigenvalue weighted by molar-refractivity contribution is -0.133. The first-order chi connectivity index (χ1) is 14.0. The highest BCUT2D eigenvalue weighted by atomic mass is 19.1. The molecule has 29 heavy (non-hydrogen) atoms. The fraction of sp³-hybridized carbons (Fsp3) is 0.286. The molecule has 1 N–H and O–H groups in total. The highest BCUT2D eigenvalue weighted by molar-refractivity contribution is 6.12. The van der Waals surface area contributed by atoms with Crippen LogP contribution in [0.5, 0.6) is 0 Å². The highest BCUT2D eigenvalue weighted by Gasteiger charge is 2.20. The fourth-order valence-electron chi connectivity index (χ4n) is 3.45. The Morgan fingerprint density at radius 1 is 1.03 bits per heavy atom. The van der Waals surface area contributed by atoms with Gasteiger partial charge in [0.05, 0.1) is 0 Å². The average Bonchev–Trinajstić information content (AvgIpc) is 3.15. The van der Waals surface area contributed by atoms with Crippen LogP contribution in [0.4, 0.5) is 10.2 Å². The number of nitrogens with zero attached hydrogens (tertiary/aromatic N) is 4. The zero-order chi connectivity index (χ0) is 20.4. The molecule has 3 aromatic rings. The molecule has 150 valence electrons. The molecule has 1 saturated heterocycles. The molecule has 8 heteroatoms. The Labute approximate surface area is 167 Å².